The molecule has 0 bridgehead atoms. The molecular weight excluding hydrogens is 645 g/mol. The number of thioether (sulfide) groups is 1. The van der Waals surface area contributed by atoms with Gasteiger partial charge < -0.3 is 9.84 Å². The molecule has 8 heteroatoms. The van der Waals surface area contributed by atoms with Gasteiger partial charge in [-0.05, 0) is 100 Å². The van der Waals surface area contributed by atoms with E-state index in [1.807, 2.05) is 43.3 Å². The van der Waals surface area contributed by atoms with Crippen LogP contribution in [0.15, 0.2) is 114 Å². The summed E-state index contributed by atoms with van der Waals surface area (Å²) in [7, 11) is 0. The molecular formula is C38H30Cl2F2O3S. The molecule has 234 valence electrons. The summed E-state index contributed by atoms with van der Waals surface area (Å²) < 4.78 is 33.0. The Morgan fingerprint density at radius 2 is 1.24 bits per heavy atom. The second-order valence-corrected chi connectivity index (χ2v) is 12.5. The van der Waals surface area contributed by atoms with Gasteiger partial charge in [0.15, 0.2) is 6.61 Å². The Balaban J connectivity index is 1.50. The van der Waals surface area contributed by atoms with Crippen molar-refractivity contribution in [2.75, 3.05) is 12.4 Å². The van der Waals surface area contributed by atoms with Crippen LogP contribution < -0.4 is 4.74 Å². The Bertz CT molecular complexity index is 1810. The van der Waals surface area contributed by atoms with E-state index < -0.39 is 17.6 Å². The van der Waals surface area contributed by atoms with Crippen LogP contribution in [0.25, 0.3) is 27.8 Å². The molecule has 0 fully saturated rings. The van der Waals surface area contributed by atoms with Crippen molar-refractivity contribution in [2.24, 2.45) is 0 Å². The van der Waals surface area contributed by atoms with Gasteiger partial charge in [-0.3, -0.25) is 0 Å². The van der Waals surface area contributed by atoms with Gasteiger partial charge in [-0.15, -0.1) is 11.8 Å². The van der Waals surface area contributed by atoms with Crippen LogP contribution >= 0.6 is 35.0 Å². The van der Waals surface area contributed by atoms with Gasteiger partial charge in [0.2, 0.25) is 0 Å². The first-order valence-corrected chi connectivity index (χ1v) is 16.3. The first-order chi connectivity index (χ1) is 22.1. The molecule has 0 saturated carbocycles. The van der Waals surface area contributed by atoms with Crippen LogP contribution in [-0.2, 0) is 4.79 Å². The van der Waals surface area contributed by atoms with Crippen molar-refractivity contribution < 1.29 is 23.4 Å². The third-order valence-corrected chi connectivity index (χ3v) is 9.20. The maximum Gasteiger partial charge on any atom is 0.341 e. The lowest BCUT2D eigenvalue weighted by molar-refractivity contribution is -0.139. The van der Waals surface area contributed by atoms with E-state index in [4.69, 9.17) is 33.0 Å². The molecule has 3 nitrogen and oxygen atoms in total. The van der Waals surface area contributed by atoms with E-state index in [0.717, 1.165) is 55.8 Å². The minimum atomic E-state index is -1.02. The van der Waals surface area contributed by atoms with Crippen LogP contribution in [-0.4, -0.2) is 23.4 Å². The maximum absolute atomic E-state index is 13.8. The summed E-state index contributed by atoms with van der Waals surface area (Å²) >= 11 is 13.8. The quantitative estimate of drug-likeness (QED) is 0.142. The summed E-state index contributed by atoms with van der Waals surface area (Å²) in [5.41, 5.74) is 8.72. The zero-order valence-corrected chi connectivity index (χ0v) is 27.4. The monoisotopic (exact) mass is 674 g/mol. The molecule has 0 unspecified atom stereocenters. The van der Waals surface area contributed by atoms with Crippen LogP contribution in [0.5, 0.6) is 5.75 Å². The Hall–Kier alpha value is -4.10. The van der Waals surface area contributed by atoms with E-state index in [-0.39, 0.29) is 16.7 Å². The smallest absolute Gasteiger partial charge is 0.341 e. The van der Waals surface area contributed by atoms with Gasteiger partial charge in [-0.1, -0.05) is 96.4 Å². The molecule has 0 atom stereocenters. The second kappa shape index (κ2) is 15.0. The summed E-state index contributed by atoms with van der Waals surface area (Å²) in [4.78, 5) is 12.0. The molecule has 0 aliphatic carbocycles. The molecule has 0 aromatic heterocycles. The number of hydrogen-bond donors (Lipinski definition) is 1. The van der Waals surface area contributed by atoms with Gasteiger partial charge in [-0.25, -0.2) is 13.6 Å². The number of carboxylic acids is 1. The number of aryl methyl sites for hydroxylation is 1. The number of aliphatic carboxylic acids is 1. The van der Waals surface area contributed by atoms with Gasteiger partial charge in [0.25, 0.3) is 0 Å². The highest BCUT2D eigenvalue weighted by molar-refractivity contribution is 7.99. The third kappa shape index (κ3) is 8.00. The lowest BCUT2D eigenvalue weighted by Gasteiger charge is -2.17. The third-order valence-electron chi connectivity index (χ3n) is 7.54. The highest BCUT2D eigenvalue weighted by Gasteiger charge is 2.14. The van der Waals surface area contributed by atoms with E-state index in [9.17, 15) is 13.6 Å². The first kappa shape index (κ1) is 33.3. The SMILES string of the molecule is CCC(CSc1ccc(OCC(=O)O)c(C)c1)=C(c1ccc(-c2ccc(F)c(Cl)c2)cc1)c1ccc(-c2ccc(F)c(Cl)c2)cc1. The average molecular weight is 676 g/mol. The zero-order valence-electron chi connectivity index (χ0n) is 25.1. The Morgan fingerprint density at radius 3 is 1.67 bits per heavy atom. The standard InChI is InChI=1S/C38H30Cl2F2O3S/c1-3-24(22-46-31-14-17-36(23(2)18-31)45-21-37(43)44)38(27-8-4-25(5-9-27)29-12-15-34(41)32(39)19-29)28-10-6-26(7-11-28)30-13-16-35(42)33(40)20-30/h4-20H,3,21-22H2,1-2H3,(H,43,44). The van der Waals surface area contributed by atoms with Crippen molar-refractivity contribution in [2.45, 2.75) is 25.2 Å². The van der Waals surface area contributed by atoms with E-state index in [2.05, 4.69) is 31.2 Å². The summed E-state index contributed by atoms with van der Waals surface area (Å²) in [6.45, 7) is 3.64. The fourth-order valence-corrected chi connectivity index (χ4v) is 6.59. The minimum Gasteiger partial charge on any atom is -0.482 e. The molecule has 0 radical (unpaired) electrons. The number of ether oxygens (including phenoxy) is 1. The summed E-state index contributed by atoms with van der Waals surface area (Å²) in [5.74, 6) is -0.677. The zero-order chi connectivity index (χ0) is 32.8. The molecule has 0 aliphatic heterocycles. The molecule has 5 aromatic rings. The lowest BCUT2D eigenvalue weighted by atomic mass is 9.90. The molecule has 46 heavy (non-hydrogen) atoms. The average Bonchev–Trinajstić information content (AvgIpc) is 3.05. The predicted molar refractivity (Wildman–Crippen MR) is 185 cm³/mol. The van der Waals surface area contributed by atoms with Crippen molar-refractivity contribution in [1.29, 1.82) is 0 Å². The van der Waals surface area contributed by atoms with Gasteiger partial charge >= 0.3 is 5.97 Å². The van der Waals surface area contributed by atoms with Gasteiger partial charge in [0.05, 0.1) is 10.0 Å². The summed E-state index contributed by atoms with van der Waals surface area (Å²) in [6, 6.07) is 31.4. The molecule has 0 spiro atoms. The van der Waals surface area contributed by atoms with Crippen molar-refractivity contribution in [3.63, 3.8) is 0 Å². The van der Waals surface area contributed by atoms with Gasteiger partial charge in [-0.2, -0.15) is 0 Å². The summed E-state index contributed by atoms with van der Waals surface area (Å²) in [6.07, 6.45) is 0.797. The molecule has 0 saturated heterocycles. The highest BCUT2D eigenvalue weighted by atomic mass is 35.5. The normalized spacial score (nSPS) is 10.9. The van der Waals surface area contributed by atoms with Crippen molar-refractivity contribution in [3.05, 3.63) is 147 Å². The molecule has 0 heterocycles. The number of halogens is 4. The first-order valence-electron chi connectivity index (χ1n) is 14.5. The van der Waals surface area contributed by atoms with Crippen molar-refractivity contribution in [3.8, 4) is 28.0 Å². The minimum absolute atomic E-state index is 0.0757. The lowest BCUT2D eigenvalue weighted by Crippen LogP contribution is -2.10. The molecule has 0 amide bonds. The predicted octanol–water partition coefficient (Wildman–Crippen LogP) is 11.4. The topological polar surface area (TPSA) is 46.5 Å². The van der Waals surface area contributed by atoms with E-state index in [1.165, 1.54) is 17.7 Å². The maximum atomic E-state index is 13.8. The van der Waals surface area contributed by atoms with Crippen LogP contribution in [0, 0.1) is 18.6 Å². The molecule has 0 aliphatic rings. The Labute approximate surface area is 281 Å². The molecule has 5 rings (SSSR count). The van der Waals surface area contributed by atoms with Crippen molar-refractivity contribution in [1.82, 2.24) is 0 Å². The van der Waals surface area contributed by atoms with E-state index >= 15 is 0 Å². The van der Waals surface area contributed by atoms with E-state index in [0.29, 0.717) is 11.5 Å². The van der Waals surface area contributed by atoms with Gasteiger partial charge in [0.1, 0.15) is 17.4 Å². The fraction of sp³-hybridized carbons (Fsp3) is 0.132. The van der Waals surface area contributed by atoms with Crippen LogP contribution in [0.1, 0.15) is 30.0 Å². The summed E-state index contributed by atoms with van der Waals surface area (Å²) in [5, 5.41) is 9.10. The molecule has 1 N–H and O–H groups in total. The highest BCUT2D eigenvalue weighted by Crippen LogP contribution is 2.36. The number of rotatable bonds is 11. The Kier molecular flexibility index (Phi) is 10.8. The number of benzene rings is 5. The largest absolute Gasteiger partial charge is 0.482 e. The van der Waals surface area contributed by atoms with E-state index in [1.54, 1.807) is 42.1 Å². The Morgan fingerprint density at radius 1 is 0.739 bits per heavy atom. The van der Waals surface area contributed by atoms with Crippen LogP contribution in [0.2, 0.25) is 10.0 Å². The van der Waals surface area contributed by atoms with Crippen molar-refractivity contribution >= 4 is 46.5 Å². The van der Waals surface area contributed by atoms with Crippen LogP contribution in [0.3, 0.4) is 0 Å². The number of hydrogen-bond acceptors (Lipinski definition) is 3. The van der Waals surface area contributed by atoms with Crippen LogP contribution in [0.4, 0.5) is 8.78 Å². The molecule has 5 aromatic carbocycles. The number of carbonyl (C=O) groups is 1. The second-order valence-electron chi connectivity index (χ2n) is 10.6. The number of carboxylic acid groups (broad SMARTS) is 1. The fourth-order valence-electron chi connectivity index (χ4n) is 5.12. The van der Waals surface area contributed by atoms with Gasteiger partial charge in [0, 0.05) is 10.6 Å².